The van der Waals surface area contributed by atoms with Crippen molar-refractivity contribution in [1.82, 2.24) is 10.2 Å². The number of benzene rings is 1. The monoisotopic (exact) mass is 409 g/mol. The van der Waals surface area contributed by atoms with Crippen LogP contribution in [-0.2, 0) is 20.9 Å². The van der Waals surface area contributed by atoms with E-state index in [0.717, 1.165) is 44.1 Å². The number of anilines is 1. The summed E-state index contributed by atoms with van der Waals surface area (Å²) in [5, 5.41) is 5.21. The van der Waals surface area contributed by atoms with E-state index < -0.39 is 11.9 Å². The number of nitrogens with one attached hydrogen (secondary N) is 2. The number of hydrogen-bond acceptors (Lipinski definition) is 4. The second-order valence-electron chi connectivity index (χ2n) is 7.75. The molecule has 0 aromatic heterocycles. The number of imide groups is 1. The zero-order valence-electron chi connectivity index (χ0n) is 17.0. The summed E-state index contributed by atoms with van der Waals surface area (Å²) in [6.07, 6.45) is 11.9. The zero-order chi connectivity index (χ0) is 21.5. The predicted octanol–water partition coefficient (Wildman–Crippen LogP) is 2.75. The number of hydrogen-bond donors (Lipinski definition) is 2. The molecular formula is C23H27N3O4. The van der Waals surface area contributed by atoms with Crippen LogP contribution in [0.1, 0.15) is 73.7 Å². The van der Waals surface area contributed by atoms with Gasteiger partial charge in [0, 0.05) is 42.6 Å². The highest BCUT2D eigenvalue weighted by Gasteiger charge is 2.39. The van der Waals surface area contributed by atoms with Gasteiger partial charge in [0.1, 0.15) is 6.04 Å². The second kappa shape index (κ2) is 10.1. The van der Waals surface area contributed by atoms with Crippen LogP contribution in [0.3, 0.4) is 0 Å². The van der Waals surface area contributed by atoms with Gasteiger partial charge in [-0.05, 0) is 31.4 Å². The predicted molar refractivity (Wildman–Crippen MR) is 112 cm³/mol. The Morgan fingerprint density at radius 3 is 2.70 bits per heavy atom. The normalized spacial score (nSPS) is 18.0. The molecule has 3 rings (SSSR count). The van der Waals surface area contributed by atoms with Crippen molar-refractivity contribution >= 4 is 29.3 Å². The largest absolute Gasteiger partial charge is 0.326 e. The lowest BCUT2D eigenvalue weighted by atomic mass is 10.0. The molecule has 2 N–H and O–H groups in total. The van der Waals surface area contributed by atoms with Gasteiger partial charge in [-0.25, -0.2) is 0 Å². The molecule has 2 aliphatic heterocycles. The van der Waals surface area contributed by atoms with Gasteiger partial charge in [-0.1, -0.05) is 25.3 Å². The molecule has 0 spiro atoms. The van der Waals surface area contributed by atoms with Crippen LogP contribution in [0.15, 0.2) is 18.2 Å². The van der Waals surface area contributed by atoms with Gasteiger partial charge >= 0.3 is 0 Å². The van der Waals surface area contributed by atoms with E-state index in [1.54, 1.807) is 18.2 Å². The van der Waals surface area contributed by atoms with Crippen molar-refractivity contribution in [3.05, 3.63) is 29.3 Å². The topological polar surface area (TPSA) is 95.6 Å². The summed E-state index contributed by atoms with van der Waals surface area (Å²) >= 11 is 0. The Morgan fingerprint density at radius 1 is 1.17 bits per heavy atom. The van der Waals surface area contributed by atoms with Crippen molar-refractivity contribution in [3.8, 4) is 12.3 Å². The van der Waals surface area contributed by atoms with Crippen LogP contribution < -0.4 is 10.6 Å². The first-order valence-electron chi connectivity index (χ1n) is 10.5. The van der Waals surface area contributed by atoms with Crippen molar-refractivity contribution in [2.24, 2.45) is 0 Å². The fourth-order valence-corrected chi connectivity index (χ4v) is 3.96. The fraction of sp³-hybridized carbons (Fsp3) is 0.478. The maximum atomic E-state index is 12.8. The van der Waals surface area contributed by atoms with Crippen molar-refractivity contribution in [2.45, 2.75) is 70.4 Å². The summed E-state index contributed by atoms with van der Waals surface area (Å²) in [7, 11) is 0. The number of piperidine rings is 1. The van der Waals surface area contributed by atoms with E-state index in [9.17, 15) is 19.2 Å². The minimum atomic E-state index is -0.666. The van der Waals surface area contributed by atoms with Crippen LogP contribution in [0.2, 0.25) is 0 Å². The highest BCUT2D eigenvalue weighted by Crippen LogP contribution is 2.32. The molecule has 0 bridgehead atoms. The maximum absolute atomic E-state index is 12.8. The van der Waals surface area contributed by atoms with Gasteiger partial charge in [-0.3, -0.25) is 24.5 Å². The molecule has 0 aliphatic carbocycles. The molecule has 0 radical (unpaired) electrons. The van der Waals surface area contributed by atoms with E-state index in [4.69, 9.17) is 6.42 Å². The quantitative estimate of drug-likeness (QED) is 0.372. The summed E-state index contributed by atoms with van der Waals surface area (Å²) in [5.41, 5.74) is 1.82. The standard InChI is InChI=1S/C23H27N3O4/c1-2-3-4-5-6-7-8-12-20(27)24-18-11-9-10-16-17(18)15-26(23(16)30)19-13-14-21(28)25-22(19)29/h1,9-11,19H,3-8,12-15H2,(H,24,27)(H,25,28,29). The van der Waals surface area contributed by atoms with E-state index in [1.165, 1.54) is 4.90 Å². The molecule has 0 saturated carbocycles. The van der Waals surface area contributed by atoms with Gasteiger partial charge in [-0.2, -0.15) is 0 Å². The van der Waals surface area contributed by atoms with Crippen LogP contribution in [0, 0.1) is 12.3 Å². The van der Waals surface area contributed by atoms with Gasteiger partial charge in [0.2, 0.25) is 17.7 Å². The van der Waals surface area contributed by atoms with Crippen LogP contribution in [0.25, 0.3) is 0 Å². The van der Waals surface area contributed by atoms with Crippen molar-refractivity contribution in [1.29, 1.82) is 0 Å². The Morgan fingerprint density at radius 2 is 1.93 bits per heavy atom. The Hall–Kier alpha value is -3.14. The number of amides is 4. The van der Waals surface area contributed by atoms with E-state index >= 15 is 0 Å². The van der Waals surface area contributed by atoms with Gasteiger partial charge in [0.05, 0.1) is 0 Å². The number of carbonyl (C=O) groups is 4. The molecule has 30 heavy (non-hydrogen) atoms. The molecule has 1 fully saturated rings. The second-order valence-corrected chi connectivity index (χ2v) is 7.75. The van der Waals surface area contributed by atoms with Crippen LogP contribution in [0.4, 0.5) is 5.69 Å². The highest BCUT2D eigenvalue weighted by molar-refractivity contribution is 6.06. The lowest BCUT2D eigenvalue weighted by molar-refractivity contribution is -0.137. The van der Waals surface area contributed by atoms with Gasteiger partial charge in [0.25, 0.3) is 5.91 Å². The first kappa shape index (κ1) is 21.6. The molecule has 2 aliphatic rings. The molecule has 1 atom stereocenters. The molecule has 2 heterocycles. The Balaban J connectivity index is 1.55. The van der Waals surface area contributed by atoms with E-state index in [0.29, 0.717) is 24.1 Å². The number of terminal acetylenes is 1. The first-order chi connectivity index (χ1) is 14.5. The number of carbonyl (C=O) groups excluding carboxylic acids is 4. The molecular weight excluding hydrogens is 382 g/mol. The summed E-state index contributed by atoms with van der Waals surface area (Å²) in [6.45, 7) is 0.242. The SMILES string of the molecule is C#CCCCCCCCC(=O)Nc1cccc2c1CN(C1CCC(=O)NC1=O)C2=O. The third-order valence-electron chi connectivity index (χ3n) is 5.58. The lowest BCUT2D eigenvalue weighted by Gasteiger charge is -2.29. The molecule has 1 aromatic rings. The average Bonchev–Trinajstić information content (AvgIpc) is 3.05. The van der Waals surface area contributed by atoms with Crippen LogP contribution in [0.5, 0.6) is 0 Å². The van der Waals surface area contributed by atoms with Crippen molar-refractivity contribution < 1.29 is 19.2 Å². The molecule has 1 unspecified atom stereocenters. The summed E-state index contributed by atoms with van der Waals surface area (Å²) in [6, 6.07) is 4.54. The highest BCUT2D eigenvalue weighted by atomic mass is 16.2. The molecule has 7 nitrogen and oxygen atoms in total. The lowest BCUT2D eigenvalue weighted by Crippen LogP contribution is -2.52. The molecule has 1 aromatic carbocycles. The summed E-state index contributed by atoms with van der Waals surface area (Å²) < 4.78 is 0. The Labute approximate surface area is 176 Å². The smallest absolute Gasteiger partial charge is 0.255 e. The van der Waals surface area contributed by atoms with Crippen LogP contribution >= 0.6 is 0 Å². The van der Waals surface area contributed by atoms with Gasteiger partial charge < -0.3 is 10.2 Å². The minimum Gasteiger partial charge on any atom is -0.326 e. The third-order valence-corrected chi connectivity index (χ3v) is 5.58. The molecule has 4 amide bonds. The minimum absolute atomic E-state index is 0.0843. The average molecular weight is 409 g/mol. The van der Waals surface area contributed by atoms with Gasteiger partial charge in [0.15, 0.2) is 0 Å². The Bertz CT molecular complexity index is 887. The van der Waals surface area contributed by atoms with E-state index in [1.807, 2.05) is 0 Å². The molecule has 7 heteroatoms. The summed E-state index contributed by atoms with van der Waals surface area (Å²) in [5.74, 6) is 1.54. The zero-order valence-corrected chi connectivity index (χ0v) is 17.0. The maximum Gasteiger partial charge on any atom is 0.255 e. The molecule has 158 valence electrons. The van der Waals surface area contributed by atoms with Gasteiger partial charge in [-0.15, -0.1) is 12.3 Å². The summed E-state index contributed by atoms with van der Waals surface area (Å²) in [4.78, 5) is 50.2. The van der Waals surface area contributed by atoms with E-state index in [2.05, 4.69) is 16.6 Å². The van der Waals surface area contributed by atoms with E-state index in [-0.39, 0.29) is 30.7 Å². The van der Waals surface area contributed by atoms with Crippen molar-refractivity contribution in [3.63, 3.8) is 0 Å². The Kier molecular flexibility index (Phi) is 7.23. The number of nitrogens with zero attached hydrogens (tertiary/aromatic N) is 1. The van der Waals surface area contributed by atoms with Crippen LogP contribution in [-0.4, -0.2) is 34.6 Å². The van der Waals surface area contributed by atoms with Crippen molar-refractivity contribution in [2.75, 3.05) is 5.32 Å². The first-order valence-corrected chi connectivity index (χ1v) is 10.5. The number of unbranched alkanes of at least 4 members (excludes halogenated alkanes) is 5. The molecule has 1 saturated heterocycles. The fourth-order valence-electron chi connectivity index (χ4n) is 3.96. The third kappa shape index (κ3) is 5.07. The number of fused-ring (bicyclic) bond motifs is 1. The number of rotatable bonds is 9.